The van der Waals surface area contributed by atoms with Crippen molar-refractivity contribution in [3.05, 3.63) is 66.4 Å². The largest absolute Gasteiger partial charge is 0.423 e. The third kappa shape index (κ3) is 5.22. The Bertz CT molecular complexity index is 1280. The summed E-state index contributed by atoms with van der Waals surface area (Å²) in [4.78, 5) is 11.6. The van der Waals surface area contributed by atoms with Crippen molar-refractivity contribution >= 4 is 28.5 Å². The molecule has 0 atom stereocenters. The summed E-state index contributed by atoms with van der Waals surface area (Å²) in [6, 6.07) is 18.1. The molecule has 0 bridgehead atoms. The molecular weight excluding hydrogens is 452 g/mol. The number of anilines is 3. The van der Waals surface area contributed by atoms with Gasteiger partial charge in [-0.2, -0.15) is 4.98 Å². The summed E-state index contributed by atoms with van der Waals surface area (Å²) in [5.74, 6) is 0.496. The fourth-order valence-corrected chi connectivity index (χ4v) is 5.17. The zero-order valence-corrected chi connectivity index (χ0v) is 20.9. The van der Waals surface area contributed by atoms with Gasteiger partial charge in [0.05, 0.1) is 17.1 Å². The van der Waals surface area contributed by atoms with Crippen LogP contribution in [-0.2, 0) is 0 Å². The quantitative estimate of drug-likeness (QED) is 0.248. The Morgan fingerprint density at radius 3 is 2.58 bits per heavy atom. The molecule has 1 fully saturated rings. The fourth-order valence-electron chi connectivity index (χ4n) is 5.17. The number of pyridine rings is 1. The highest BCUT2D eigenvalue weighted by molar-refractivity contribution is 5.82. The van der Waals surface area contributed by atoms with E-state index in [9.17, 15) is 10.2 Å². The highest BCUT2D eigenvalue weighted by Gasteiger charge is 2.25. The van der Waals surface area contributed by atoms with Crippen LogP contribution < -0.4 is 10.2 Å². The van der Waals surface area contributed by atoms with Crippen molar-refractivity contribution in [1.29, 1.82) is 0 Å². The van der Waals surface area contributed by atoms with Gasteiger partial charge in [-0.15, -0.1) is 0 Å². The molecule has 0 saturated heterocycles. The van der Waals surface area contributed by atoms with Gasteiger partial charge in [-0.05, 0) is 49.1 Å². The SMILES string of the molecule is CC(C)CN(c1ccc(-c2ncccc2C(O)O)cc1Nc1nc2ccccc2o1)C1CCCCC1. The molecule has 3 N–H and O–H groups in total. The standard InChI is InChI=1S/C29H34N4O3/c1-19(2)18-33(21-9-4-3-5-10-21)25-15-14-20(27-22(28(34)35)11-8-16-30-27)17-24(25)32-29-31-23-12-6-7-13-26(23)36-29/h6-8,11-17,19,21,28,34-35H,3-5,9-10,18H2,1-2H3,(H,31,32). The molecule has 1 aliphatic rings. The van der Waals surface area contributed by atoms with Crippen molar-refractivity contribution in [2.75, 3.05) is 16.8 Å². The molecule has 36 heavy (non-hydrogen) atoms. The number of oxazole rings is 1. The smallest absolute Gasteiger partial charge is 0.300 e. The molecule has 5 rings (SSSR count). The first-order valence-electron chi connectivity index (χ1n) is 12.8. The molecule has 2 aromatic heterocycles. The Balaban J connectivity index is 1.61. The summed E-state index contributed by atoms with van der Waals surface area (Å²) < 4.78 is 6.00. The van der Waals surface area contributed by atoms with Crippen LogP contribution in [0.4, 0.5) is 17.4 Å². The van der Waals surface area contributed by atoms with Crippen LogP contribution in [0.1, 0.15) is 57.8 Å². The minimum absolute atomic E-state index is 0.365. The molecule has 2 heterocycles. The first kappa shape index (κ1) is 24.3. The van der Waals surface area contributed by atoms with Gasteiger partial charge in [0.15, 0.2) is 11.9 Å². The van der Waals surface area contributed by atoms with Crippen LogP contribution in [0.25, 0.3) is 22.4 Å². The lowest BCUT2D eigenvalue weighted by molar-refractivity contribution is -0.0422. The van der Waals surface area contributed by atoms with Crippen LogP contribution in [0.5, 0.6) is 0 Å². The molecule has 0 radical (unpaired) electrons. The Morgan fingerprint density at radius 2 is 1.83 bits per heavy atom. The van der Waals surface area contributed by atoms with Crippen molar-refractivity contribution in [1.82, 2.24) is 9.97 Å². The predicted octanol–water partition coefficient (Wildman–Crippen LogP) is 6.41. The van der Waals surface area contributed by atoms with Crippen LogP contribution in [-0.4, -0.2) is 32.8 Å². The predicted molar refractivity (Wildman–Crippen MR) is 143 cm³/mol. The molecule has 188 valence electrons. The number of para-hydroxylation sites is 2. The first-order chi connectivity index (χ1) is 17.5. The number of aliphatic hydroxyl groups excluding tert-OH is 1. The van der Waals surface area contributed by atoms with Crippen molar-refractivity contribution in [3.63, 3.8) is 0 Å². The van der Waals surface area contributed by atoms with E-state index in [0.717, 1.165) is 34.6 Å². The Labute approximate surface area is 211 Å². The minimum atomic E-state index is -1.61. The number of fused-ring (bicyclic) bond motifs is 1. The summed E-state index contributed by atoms with van der Waals surface area (Å²) in [6.07, 6.45) is 6.20. The summed E-state index contributed by atoms with van der Waals surface area (Å²) in [5, 5.41) is 23.3. The van der Waals surface area contributed by atoms with Gasteiger partial charge >= 0.3 is 0 Å². The fraction of sp³-hybridized carbons (Fsp3) is 0.379. The highest BCUT2D eigenvalue weighted by Crippen LogP contribution is 2.38. The van der Waals surface area contributed by atoms with Gasteiger partial charge in [-0.3, -0.25) is 4.98 Å². The lowest BCUT2D eigenvalue weighted by Crippen LogP contribution is -2.39. The number of nitrogens with zero attached hydrogens (tertiary/aromatic N) is 3. The molecule has 0 spiro atoms. The zero-order chi connectivity index (χ0) is 25.1. The second-order valence-corrected chi connectivity index (χ2v) is 10.00. The Hall–Kier alpha value is -3.42. The molecule has 7 nitrogen and oxygen atoms in total. The molecule has 0 aliphatic heterocycles. The van der Waals surface area contributed by atoms with Crippen molar-refractivity contribution < 1.29 is 14.6 Å². The highest BCUT2D eigenvalue weighted by atomic mass is 16.5. The van der Waals surface area contributed by atoms with E-state index in [1.54, 1.807) is 18.3 Å². The van der Waals surface area contributed by atoms with Gasteiger partial charge in [0.25, 0.3) is 6.01 Å². The van der Waals surface area contributed by atoms with E-state index >= 15 is 0 Å². The van der Waals surface area contributed by atoms with Crippen LogP contribution >= 0.6 is 0 Å². The molecule has 1 aliphatic carbocycles. The average Bonchev–Trinajstić information content (AvgIpc) is 3.30. The Morgan fingerprint density at radius 1 is 1.03 bits per heavy atom. The van der Waals surface area contributed by atoms with E-state index in [2.05, 4.69) is 40.1 Å². The molecule has 1 saturated carbocycles. The van der Waals surface area contributed by atoms with E-state index in [1.165, 1.54) is 32.1 Å². The molecule has 0 amide bonds. The lowest BCUT2D eigenvalue weighted by atomic mass is 9.92. The number of aromatic nitrogens is 2. The van der Waals surface area contributed by atoms with Gasteiger partial charge < -0.3 is 24.8 Å². The monoisotopic (exact) mass is 486 g/mol. The molecule has 0 unspecified atom stereocenters. The number of aliphatic hydroxyl groups is 2. The average molecular weight is 487 g/mol. The topological polar surface area (TPSA) is 94.7 Å². The van der Waals surface area contributed by atoms with Gasteiger partial charge in [0.1, 0.15) is 5.52 Å². The maximum absolute atomic E-state index is 9.93. The second kappa shape index (κ2) is 10.7. The van der Waals surface area contributed by atoms with Crippen LogP contribution in [0.3, 0.4) is 0 Å². The van der Waals surface area contributed by atoms with Crippen LogP contribution in [0.15, 0.2) is 65.2 Å². The van der Waals surface area contributed by atoms with Gasteiger partial charge in [0.2, 0.25) is 0 Å². The van der Waals surface area contributed by atoms with Gasteiger partial charge in [-0.25, -0.2) is 0 Å². The van der Waals surface area contributed by atoms with E-state index < -0.39 is 6.29 Å². The first-order valence-corrected chi connectivity index (χ1v) is 12.8. The lowest BCUT2D eigenvalue weighted by Gasteiger charge is -2.38. The third-order valence-corrected chi connectivity index (χ3v) is 6.81. The van der Waals surface area contributed by atoms with Crippen molar-refractivity contribution in [3.8, 4) is 11.3 Å². The van der Waals surface area contributed by atoms with Crippen LogP contribution in [0.2, 0.25) is 0 Å². The summed E-state index contributed by atoms with van der Waals surface area (Å²) in [6.45, 7) is 5.44. The molecule has 2 aromatic carbocycles. The maximum Gasteiger partial charge on any atom is 0.300 e. The summed E-state index contributed by atoms with van der Waals surface area (Å²) >= 11 is 0. The number of hydrogen-bond acceptors (Lipinski definition) is 7. The second-order valence-electron chi connectivity index (χ2n) is 10.00. The number of hydrogen-bond donors (Lipinski definition) is 3. The third-order valence-electron chi connectivity index (χ3n) is 6.81. The van der Waals surface area contributed by atoms with Gasteiger partial charge in [-0.1, -0.05) is 57.4 Å². The van der Waals surface area contributed by atoms with Gasteiger partial charge in [0, 0.05) is 29.9 Å². The summed E-state index contributed by atoms with van der Waals surface area (Å²) in [7, 11) is 0. The number of rotatable bonds is 8. The minimum Gasteiger partial charge on any atom is -0.423 e. The molecule has 4 aromatic rings. The van der Waals surface area contributed by atoms with Crippen LogP contribution in [0, 0.1) is 5.92 Å². The molecular formula is C29H34N4O3. The van der Waals surface area contributed by atoms with E-state index in [1.807, 2.05) is 36.4 Å². The number of nitrogens with one attached hydrogen (secondary N) is 1. The summed E-state index contributed by atoms with van der Waals surface area (Å²) in [5.41, 5.74) is 5.14. The number of benzene rings is 2. The van der Waals surface area contributed by atoms with E-state index in [-0.39, 0.29) is 0 Å². The zero-order valence-electron chi connectivity index (χ0n) is 20.9. The Kier molecular flexibility index (Phi) is 7.20. The maximum atomic E-state index is 9.93. The molecule has 7 heteroatoms. The van der Waals surface area contributed by atoms with Crippen molar-refractivity contribution in [2.45, 2.75) is 58.3 Å². The van der Waals surface area contributed by atoms with Crippen molar-refractivity contribution in [2.24, 2.45) is 5.92 Å². The normalized spacial score (nSPS) is 14.6. The van der Waals surface area contributed by atoms with E-state index in [4.69, 9.17) is 4.42 Å². The van der Waals surface area contributed by atoms with E-state index in [0.29, 0.717) is 29.2 Å².